The third kappa shape index (κ3) is 4.22. The number of para-hydroxylation sites is 1. The smallest absolute Gasteiger partial charge is 0.238 e. The lowest BCUT2D eigenvalue weighted by Crippen LogP contribution is -2.39. The van der Waals surface area contributed by atoms with Gasteiger partial charge in [-0.2, -0.15) is 0 Å². The van der Waals surface area contributed by atoms with Crippen LogP contribution in [0.25, 0.3) is 0 Å². The van der Waals surface area contributed by atoms with E-state index >= 15 is 0 Å². The number of carbonyl (C=O) groups excluding carboxylic acids is 1. The van der Waals surface area contributed by atoms with Gasteiger partial charge in [0.25, 0.3) is 0 Å². The summed E-state index contributed by atoms with van der Waals surface area (Å²) in [4.78, 5) is 14.2. The standard InChI is InChI=1S/C15H21ClN2O/c1-18(12-7-3-2-4-8-12)11-15(19)17-14-10-6-5-9-13(14)16/h5-6,9-10,12H,2-4,7-8,11H2,1H3,(H,17,19). The molecule has 0 aromatic heterocycles. The molecule has 0 heterocycles. The van der Waals surface area contributed by atoms with E-state index in [0.29, 0.717) is 23.3 Å². The average Bonchev–Trinajstić information content (AvgIpc) is 2.42. The molecule has 4 heteroatoms. The number of anilines is 1. The SMILES string of the molecule is CN(CC(=O)Nc1ccccc1Cl)C1CCCCC1. The lowest BCUT2D eigenvalue weighted by atomic mass is 9.94. The van der Waals surface area contributed by atoms with Crippen LogP contribution in [0.3, 0.4) is 0 Å². The predicted octanol–water partition coefficient (Wildman–Crippen LogP) is 3.54. The van der Waals surface area contributed by atoms with Gasteiger partial charge in [-0.15, -0.1) is 0 Å². The topological polar surface area (TPSA) is 32.3 Å². The number of likely N-dealkylation sites (N-methyl/N-ethyl adjacent to an activating group) is 1. The van der Waals surface area contributed by atoms with E-state index in [1.807, 2.05) is 25.2 Å². The number of hydrogen-bond donors (Lipinski definition) is 1. The highest BCUT2D eigenvalue weighted by Gasteiger charge is 2.19. The second-order valence-electron chi connectivity index (χ2n) is 5.23. The van der Waals surface area contributed by atoms with Crippen LogP contribution in [0.1, 0.15) is 32.1 Å². The molecule has 1 saturated carbocycles. The fourth-order valence-electron chi connectivity index (χ4n) is 2.63. The Kier molecular flexibility index (Phi) is 5.23. The number of nitrogens with zero attached hydrogens (tertiary/aromatic N) is 1. The zero-order chi connectivity index (χ0) is 13.7. The molecule has 3 nitrogen and oxygen atoms in total. The molecule has 1 fully saturated rings. The fourth-order valence-corrected chi connectivity index (χ4v) is 2.81. The van der Waals surface area contributed by atoms with Crippen LogP contribution in [0.4, 0.5) is 5.69 Å². The van der Waals surface area contributed by atoms with Crippen molar-refractivity contribution in [3.8, 4) is 0 Å². The Bertz CT molecular complexity index is 430. The van der Waals surface area contributed by atoms with Crippen molar-refractivity contribution in [1.29, 1.82) is 0 Å². The number of carbonyl (C=O) groups is 1. The van der Waals surface area contributed by atoms with Gasteiger partial charge in [-0.1, -0.05) is 43.0 Å². The van der Waals surface area contributed by atoms with Gasteiger partial charge in [-0.25, -0.2) is 0 Å². The zero-order valence-corrected chi connectivity index (χ0v) is 12.1. The van der Waals surface area contributed by atoms with Crippen molar-refractivity contribution in [2.75, 3.05) is 18.9 Å². The summed E-state index contributed by atoms with van der Waals surface area (Å²) in [5.41, 5.74) is 0.686. The molecule has 0 atom stereocenters. The van der Waals surface area contributed by atoms with Crippen molar-refractivity contribution in [3.05, 3.63) is 29.3 Å². The van der Waals surface area contributed by atoms with Crippen LogP contribution in [0.2, 0.25) is 5.02 Å². The van der Waals surface area contributed by atoms with Gasteiger partial charge in [0.2, 0.25) is 5.91 Å². The van der Waals surface area contributed by atoms with E-state index < -0.39 is 0 Å². The first kappa shape index (κ1) is 14.4. The van der Waals surface area contributed by atoms with E-state index in [9.17, 15) is 4.79 Å². The molecule has 0 unspecified atom stereocenters. The van der Waals surface area contributed by atoms with Gasteiger partial charge in [0.1, 0.15) is 0 Å². The minimum Gasteiger partial charge on any atom is -0.324 e. The summed E-state index contributed by atoms with van der Waals surface area (Å²) in [7, 11) is 2.03. The van der Waals surface area contributed by atoms with E-state index in [1.54, 1.807) is 6.07 Å². The van der Waals surface area contributed by atoms with Crippen molar-refractivity contribution >= 4 is 23.2 Å². The Hall–Kier alpha value is -1.06. The first-order valence-corrected chi connectivity index (χ1v) is 7.29. The van der Waals surface area contributed by atoms with Gasteiger partial charge < -0.3 is 5.32 Å². The highest BCUT2D eigenvalue weighted by molar-refractivity contribution is 6.33. The molecule has 0 radical (unpaired) electrons. The molecule has 1 amide bonds. The van der Waals surface area contributed by atoms with Gasteiger partial charge in [-0.05, 0) is 32.0 Å². The highest BCUT2D eigenvalue weighted by Crippen LogP contribution is 2.22. The fraction of sp³-hybridized carbons (Fsp3) is 0.533. The third-order valence-electron chi connectivity index (χ3n) is 3.74. The number of hydrogen-bond acceptors (Lipinski definition) is 2. The number of nitrogens with one attached hydrogen (secondary N) is 1. The summed E-state index contributed by atoms with van der Waals surface area (Å²) in [5.74, 6) is 0.00109. The summed E-state index contributed by atoms with van der Waals surface area (Å²) < 4.78 is 0. The zero-order valence-electron chi connectivity index (χ0n) is 11.4. The highest BCUT2D eigenvalue weighted by atomic mass is 35.5. The second-order valence-corrected chi connectivity index (χ2v) is 5.64. The van der Waals surface area contributed by atoms with Gasteiger partial charge >= 0.3 is 0 Å². The number of halogens is 1. The molecule has 1 aliphatic rings. The Morgan fingerprint density at radius 3 is 2.68 bits per heavy atom. The summed E-state index contributed by atoms with van der Waals surface area (Å²) in [6.45, 7) is 0.426. The Balaban J connectivity index is 1.85. The molecular weight excluding hydrogens is 260 g/mol. The molecule has 1 N–H and O–H groups in total. The van der Waals surface area contributed by atoms with Crippen LogP contribution in [-0.2, 0) is 4.79 Å². The Morgan fingerprint density at radius 1 is 1.32 bits per heavy atom. The lowest BCUT2D eigenvalue weighted by molar-refractivity contribution is -0.117. The normalized spacial score (nSPS) is 16.6. The minimum absolute atomic E-state index is 0.00109. The second kappa shape index (κ2) is 6.92. The molecule has 0 bridgehead atoms. The maximum atomic E-state index is 12.0. The lowest BCUT2D eigenvalue weighted by Gasteiger charge is -2.30. The first-order chi connectivity index (χ1) is 9.16. The van der Waals surface area contributed by atoms with E-state index in [-0.39, 0.29) is 5.91 Å². The van der Waals surface area contributed by atoms with E-state index in [2.05, 4.69) is 10.2 Å². The third-order valence-corrected chi connectivity index (χ3v) is 4.07. The first-order valence-electron chi connectivity index (χ1n) is 6.91. The summed E-state index contributed by atoms with van der Waals surface area (Å²) in [6, 6.07) is 7.87. The molecule has 2 rings (SSSR count). The predicted molar refractivity (Wildman–Crippen MR) is 79.6 cm³/mol. The summed E-state index contributed by atoms with van der Waals surface area (Å²) in [5, 5.41) is 3.45. The molecule has 1 aliphatic carbocycles. The maximum absolute atomic E-state index is 12.0. The molecule has 1 aromatic carbocycles. The number of rotatable bonds is 4. The van der Waals surface area contributed by atoms with Crippen molar-refractivity contribution in [2.24, 2.45) is 0 Å². The van der Waals surface area contributed by atoms with Gasteiger partial charge in [0, 0.05) is 6.04 Å². The van der Waals surface area contributed by atoms with Crippen LogP contribution in [0.15, 0.2) is 24.3 Å². The van der Waals surface area contributed by atoms with Crippen LogP contribution in [0, 0.1) is 0 Å². The molecule has 0 aliphatic heterocycles. The summed E-state index contributed by atoms with van der Waals surface area (Å²) in [6.07, 6.45) is 6.30. The molecule has 104 valence electrons. The van der Waals surface area contributed by atoms with Gasteiger partial charge in [0.05, 0.1) is 17.3 Å². The van der Waals surface area contributed by atoms with Crippen LogP contribution in [-0.4, -0.2) is 30.4 Å². The van der Waals surface area contributed by atoms with E-state index in [0.717, 1.165) is 0 Å². The van der Waals surface area contributed by atoms with Gasteiger partial charge in [0.15, 0.2) is 0 Å². The average molecular weight is 281 g/mol. The van der Waals surface area contributed by atoms with Crippen LogP contribution in [0.5, 0.6) is 0 Å². The number of amides is 1. The van der Waals surface area contributed by atoms with Crippen LogP contribution < -0.4 is 5.32 Å². The molecule has 19 heavy (non-hydrogen) atoms. The van der Waals surface area contributed by atoms with Crippen molar-refractivity contribution < 1.29 is 4.79 Å². The molecule has 0 saturated heterocycles. The monoisotopic (exact) mass is 280 g/mol. The Morgan fingerprint density at radius 2 is 2.00 bits per heavy atom. The van der Waals surface area contributed by atoms with Crippen LogP contribution >= 0.6 is 11.6 Å². The summed E-state index contributed by atoms with van der Waals surface area (Å²) >= 11 is 6.03. The van der Waals surface area contributed by atoms with Crippen molar-refractivity contribution in [3.63, 3.8) is 0 Å². The molecule has 0 spiro atoms. The van der Waals surface area contributed by atoms with Gasteiger partial charge in [-0.3, -0.25) is 9.69 Å². The Labute approximate surface area is 119 Å². The quantitative estimate of drug-likeness (QED) is 0.915. The van der Waals surface area contributed by atoms with E-state index in [1.165, 1.54) is 32.1 Å². The van der Waals surface area contributed by atoms with E-state index in [4.69, 9.17) is 11.6 Å². The maximum Gasteiger partial charge on any atom is 0.238 e. The molecule has 1 aromatic rings. The van der Waals surface area contributed by atoms with Crippen molar-refractivity contribution in [1.82, 2.24) is 4.90 Å². The number of benzene rings is 1. The largest absolute Gasteiger partial charge is 0.324 e. The van der Waals surface area contributed by atoms with Crippen molar-refractivity contribution in [2.45, 2.75) is 38.1 Å². The molecular formula is C15H21ClN2O. The minimum atomic E-state index is 0.00109.